The topological polar surface area (TPSA) is 161 Å². The van der Waals surface area contributed by atoms with Crippen LogP contribution >= 0.6 is 0 Å². The summed E-state index contributed by atoms with van der Waals surface area (Å²) < 4.78 is 11.4. The molecule has 9 heteroatoms. The Kier molecular flexibility index (Phi) is 8.64. The molecule has 0 saturated heterocycles. The van der Waals surface area contributed by atoms with Crippen molar-refractivity contribution in [2.75, 3.05) is 20.3 Å². The number of carbonyl (C=O) groups excluding carboxylic acids is 1. The Morgan fingerprint density at radius 1 is 1.16 bits per heavy atom. The number of nitrogens with two attached hydrogens (primary N) is 2. The molecular weight excluding hydrogens is 486 g/mol. The Morgan fingerprint density at radius 2 is 1.97 bits per heavy atom. The van der Waals surface area contributed by atoms with Crippen molar-refractivity contribution in [3.8, 4) is 34.8 Å². The fourth-order valence-electron chi connectivity index (χ4n) is 5.10. The Labute approximate surface area is 222 Å². The molecule has 2 unspecified atom stereocenters. The molecule has 0 amide bonds. The number of carbonyl (C=O) groups is 1. The molecule has 1 heterocycles. The van der Waals surface area contributed by atoms with Gasteiger partial charge < -0.3 is 36.3 Å². The summed E-state index contributed by atoms with van der Waals surface area (Å²) in [6, 6.07) is 5.17. The van der Waals surface area contributed by atoms with Crippen molar-refractivity contribution in [3.63, 3.8) is 0 Å². The number of rotatable bonds is 4. The van der Waals surface area contributed by atoms with Gasteiger partial charge in [-0.05, 0) is 55.2 Å². The van der Waals surface area contributed by atoms with Gasteiger partial charge in [0.05, 0.1) is 25.4 Å². The summed E-state index contributed by atoms with van der Waals surface area (Å²) in [6.07, 6.45) is 2.52. The molecule has 0 fully saturated rings. The van der Waals surface area contributed by atoms with Gasteiger partial charge in [-0.2, -0.15) is 0 Å². The second-order valence-electron chi connectivity index (χ2n) is 9.89. The molecule has 1 aliphatic carbocycles. The number of guanidine groups is 1. The maximum absolute atomic E-state index is 12.6. The number of nitrogens with zero attached hydrogens (tertiary/aromatic N) is 1. The number of phenols is 2. The molecule has 0 radical (unpaired) electrons. The Balaban J connectivity index is 1.72. The molecule has 2 bridgehead atoms. The Morgan fingerprint density at radius 3 is 2.74 bits per heavy atom. The van der Waals surface area contributed by atoms with Crippen LogP contribution in [0.15, 0.2) is 23.2 Å². The van der Waals surface area contributed by atoms with E-state index in [0.717, 1.165) is 23.1 Å². The number of aliphatic imine (C=N–C) groups is 1. The molecule has 9 nitrogen and oxygen atoms in total. The van der Waals surface area contributed by atoms with Crippen LogP contribution in [0.3, 0.4) is 0 Å². The molecule has 4 rings (SSSR count). The number of aryl methyl sites for hydroxylation is 2. The number of fused-ring (bicyclic) bond motifs is 5. The lowest BCUT2D eigenvalue weighted by Crippen LogP contribution is -2.26. The molecule has 0 aromatic heterocycles. The number of ether oxygens (including phenoxy) is 2. The summed E-state index contributed by atoms with van der Waals surface area (Å²) in [7, 11) is 1.46. The van der Waals surface area contributed by atoms with Gasteiger partial charge in [0, 0.05) is 36.9 Å². The van der Waals surface area contributed by atoms with Crippen LogP contribution in [0.5, 0.6) is 23.0 Å². The van der Waals surface area contributed by atoms with Crippen LogP contribution in [0.4, 0.5) is 0 Å². The average molecular weight is 522 g/mol. The van der Waals surface area contributed by atoms with Gasteiger partial charge in [-0.1, -0.05) is 24.0 Å². The van der Waals surface area contributed by atoms with E-state index in [-0.39, 0.29) is 54.2 Å². The molecule has 1 aliphatic heterocycles. The second-order valence-corrected chi connectivity index (χ2v) is 9.89. The highest BCUT2D eigenvalue weighted by molar-refractivity contribution is 5.79. The van der Waals surface area contributed by atoms with E-state index in [0.29, 0.717) is 55.7 Å². The van der Waals surface area contributed by atoms with E-state index in [2.05, 4.69) is 16.8 Å². The quantitative estimate of drug-likeness (QED) is 0.232. The largest absolute Gasteiger partial charge is 0.504 e. The van der Waals surface area contributed by atoms with E-state index < -0.39 is 6.10 Å². The number of hydrogen-bond donors (Lipinski definition) is 5. The molecule has 7 N–H and O–H groups in total. The van der Waals surface area contributed by atoms with Crippen molar-refractivity contribution in [1.82, 2.24) is 0 Å². The van der Waals surface area contributed by atoms with E-state index in [9.17, 15) is 20.1 Å². The van der Waals surface area contributed by atoms with Crippen LogP contribution in [0.1, 0.15) is 53.5 Å². The van der Waals surface area contributed by atoms with Crippen molar-refractivity contribution in [3.05, 3.63) is 46.0 Å². The fraction of sp³-hybridized carbons (Fsp3) is 0.448. The van der Waals surface area contributed by atoms with Gasteiger partial charge in [0.2, 0.25) is 0 Å². The molecule has 2 aromatic rings. The average Bonchev–Trinajstić information content (AvgIpc) is 2.88. The standard InChI is InChI=1S/C29H35N3O6/c1-37-27-23-4-2-3-20-14-19(6-9-22(34)15-21(33)8-5-18(23)7-10-25(27)35)24-13-17(11-12-32-29(30)31)16-38-28(24)26(20)36/h7,10,14,17,22,34-36H,3,5-6,8-9,11-13,15-16H2,1H3,(H4,30,31,32). The number of phenolic OH excluding ortho intramolecular Hbond substituents is 2. The highest BCUT2D eigenvalue weighted by atomic mass is 16.5. The number of aliphatic hydroxyl groups excluding tert-OH is 1. The summed E-state index contributed by atoms with van der Waals surface area (Å²) in [5.41, 5.74) is 14.7. The maximum atomic E-state index is 12.6. The molecule has 2 aliphatic rings. The summed E-state index contributed by atoms with van der Waals surface area (Å²) in [5.74, 6) is 7.09. The summed E-state index contributed by atoms with van der Waals surface area (Å²) in [5, 5.41) is 32.0. The molecule has 2 atom stereocenters. The highest BCUT2D eigenvalue weighted by Crippen LogP contribution is 2.42. The minimum atomic E-state index is -0.784. The van der Waals surface area contributed by atoms with E-state index in [1.54, 1.807) is 6.07 Å². The summed E-state index contributed by atoms with van der Waals surface area (Å²) >= 11 is 0. The first-order valence-corrected chi connectivity index (χ1v) is 12.9. The minimum absolute atomic E-state index is 0.0399. The third-order valence-corrected chi connectivity index (χ3v) is 7.12. The van der Waals surface area contributed by atoms with Gasteiger partial charge in [0.1, 0.15) is 5.78 Å². The normalized spacial score (nSPS) is 19.4. The number of ketones is 1. The molecule has 0 spiro atoms. The third kappa shape index (κ3) is 6.32. The van der Waals surface area contributed by atoms with Gasteiger partial charge in [0.15, 0.2) is 29.0 Å². The van der Waals surface area contributed by atoms with Gasteiger partial charge in [-0.15, -0.1) is 0 Å². The smallest absolute Gasteiger partial charge is 0.185 e. The van der Waals surface area contributed by atoms with E-state index in [1.165, 1.54) is 13.2 Å². The SMILES string of the molecule is COc1c(O)ccc2c1C#CCc1cc(c3c(c1O)OCC(CCN=C(N)N)C3)CCC(O)CC(=O)CC2. The molecular formula is C29H35N3O6. The lowest BCUT2D eigenvalue weighted by Gasteiger charge is -2.29. The van der Waals surface area contributed by atoms with Gasteiger partial charge in [0.25, 0.3) is 0 Å². The van der Waals surface area contributed by atoms with E-state index in [4.69, 9.17) is 20.9 Å². The van der Waals surface area contributed by atoms with Crippen LogP contribution < -0.4 is 20.9 Å². The molecule has 38 heavy (non-hydrogen) atoms. The molecule has 0 saturated carbocycles. The van der Waals surface area contributed by atoms with E-state index >= 15 is 0 Å². The highest BCUT2D eigenvalue weighted by Gasteiger charge is 2.27. The first-order valence-electron chi connectivity index (χ1n) is 12.9. The van der Waals surface area contributed by atoms with Gasteiger partial charge in [-0.3, -0.25) is 9.79 Å². The fourth-order valence-corrected chi connectivity index (χ4v) is 5.10. The number of Topliss-reactive ketones (excluding diaryl/α,β-unsaturated/α-hetero) is 1. The van der Waals surface area contributed by atoms with Crippen molar-refractivity contribution in [1.29, 1.82) is 0 Å². The van der Waals surface area contributed by atoms with Crippen LogP contribution in [0, 0.1) is 17.8 Å². The van der Waals surface area contributed by atoms with Crippen LogP contribution in [0.2, 0.25) is 0 Å². The zero-order chi connectivity index (χ0) is 27.2. The first kappa shape index (κ1) is 27.1. The summed E-state index contributed by atoms with van der Waals surface area (Å²) in [4.78, 5) is 16.7. The Bertz CT molecular complexity index is 1290. The zero-order valence-electron chi connectivity index (χ0n) is 21.6. The van der Waals surface area contributed by atoms with Crippen molar-refractivity contribution in [2.45, 2.75) is 57.5 Å². The van der Waals surface area contributed by atoms with Gasteiger partial charge >= 0.3 is 0 Å². The number of hydrogen-bond acceptors (Lipinski definition) is 7. The zero-order valence-corrected chi connectivity index (χ0v) is 21.6. The van der Waals surface area contributed by atoms with Crippen molar-refractivity contribution < 1.29 is 29.6 Å². The second kappa shape index (κ2) is 12.1. The van der Waals surface area contributed by atoms with Gasteiger partial charge in [-0.25, -0.2) is 0 Å². The number of aliphatic hydroxyl groups is 1. The molecule has 202 valence electrons. The summed E-state index contributed by atoms with van der Waals surface area (Å²) in [6.45, 7) is 0.915. The third-order valence-electron chi connectivity index (χ3n) is 7.12. The maximum Gasteiger partial charge on any atom is 0.185 e. The van der Waals surface area contributed by atoms with Crippen LogP contribution in [-0.2, 0) is 30.5 Å². The first-order chi connectivity index (χ1) is 18.3. The Hall–Kier alpha value is -3.90. The predicted molar refractivity (Wildman–Crippen MR) is 144 cm³/mol. The lowest BCUT2D eigenvalue weighted by atomic mass is 9.86. The number of aromatic hydroxyl groups is 2. The van der Waals surface area contributed by atoms with Crippen molar-refractivity contribution >= 4 is 11.7 Å². The van der Waals surface area contributed by atoms with Crippen LogP contribution in [0.25, 0.3) is 0 Å². The van der Waals surface area contributed by atoms with Crippen molar-refractivity contribution in [2.24, 2.45) is 22.4 Å². The number of methoxy groups -OCH3 is 1. The minimum Gasteiger partial charge on any atom is -0.504 e. The predicted octanol–water partition coefficient (Wildman–Crippen LogP) is 2.11. The number of benzene rings is 2. The lowest BCUT2D eigenvalue weighted by molar-refractivity contribution is -0.121. The molecule has 2 aromatic carbocycles. The monoisotopic (exact) mass is 521 g/mol. The van der Waals surface area contributed by atoms with E-state index in [1.807, 2.05) is 6.07 Å². The van der Waals surface area contributed by atoms with Crippen LogP contribution in [-0.4, -0.2) is 53.4 Å².